The minimum Gasteiger partial charge on any atom is -0.493 e. The van der Waals surface area contributed by atoms with Crippen molar-refractivity contribution >= 4 is 36.7 Å². The van der Waals surface area contributed by atoms with Gasteiger partial charge in [-0.3, -0.25) is 9.11 Å². The Morgan fingerprint density at radius 3 is 2.33 bits per heavy atom. The minimum absolute atomic E-state index is 0.115. The highest BCUT2D eigenvalue weighted by atomic mass is 32.2. The van der Waals surface area contributed by atoms with Gasteiger partial charge in [0, 0.05) is 17.1 Å². The number of hydrogen-bond acceptors (Lipinski definition) is 6. The number of fused-ring (bicyclic) bond motifs is 1. The molecule has 0 aromatic heterocycles. The third kappa shape index (κ3) is 5.06. The zero-order valence-corrected chi connectivity index (χ0v) is 14.2. The van der Waals surface area contributed by atoms with Crippen molar-refractivity contribution in [2.45, 2.75) is 17.7 Å². The van der Waals surface area contributed by atoms with E-state index in [1.54, 1.807) is 18.2 Å². The normalized spacial score (nSPS) is 12.4. The van der Waals surface area contributed by atoms with Crippen molar-refractivity contribution in [3.63, 3.8) is 0 Å². The van der Waals surface area contributed by atoms with E-state index in [2.05, 4.69) is 0 Å². The van der Waals surface area contributed by atoms with E-state index < -0.39 is 20.2 Å². The van der Waals surface area contributed by atoms with Gasteiger partial charge in [0.1, 0.15) is 5.75 Å². The average molecular weight is 375 g/mol. The van der Waals surface area contributed by atoms with Gasteiger partial charge >= 0.3 is 0 Å². The van der Waals surface area contributed by atoms with Crippen LogP contribution in [-0.4, -0.2) is 38.3 Å². The van der Waals surface area contributed by atoms with Crippen molar-refractivity contribution < 1.29 is 30.7 Å². The SMILES string of the molecule is Nc1ccc2c(OCCCCS(=O)(=O)O)cc(S(=O)(=O)O)cc2c1. The lowest BCUT2D eigenvalue weighted by atomic mass is 10.1. The second-order valence-corrected chi connectivity index (χ2v) is 8.21. The van der Waals surface area contributed by atoms with Gasteiger partial charge in [0.25, 0.3) is 20.2 Å². The topological polar surface area (TPSA) is 144 Å². The number of hydrogen-bond donors (Lipinski definition) is 3. The highest BCUT2D eigenvalue weighted by Crippen LogP contribution is 2.31. The molecule has 0 aliphatic carbocycles. The highest BCUT2D eigenvalue weighted by Gasteiger charge is 2.14. The van der Waals surface area contributed by atoms with Gasteiger partial charge in [-0.2, -0.15) is 16.8 Å². The first kappa shape index (κ1) is 18.5. The van der Waals surface area contributed by atoms with E-state index in [9.17, 15) is 21.4 Å². The highest BCUT2D eigenvalue weighted by molar-refractivity contribution is 7.86. The fraction of sp³-hybridized carbons (Fsp3) is 0.286. The molecule has 0 atom stereocenters. The Hall–Kier alpha value is -1.88. The van der Waals surface area contributed by atoms with Gasteiger partial charge in [-0.1, -0.05) is 0 Å². The number of ether oxygens (including phenoxy) is 1. The third-order valence-electron chi connectivity index (χ3n) is 3.26. The standard InChI is InChI=1S/C14H17NO7S2/c15-11-3-4-13-10(7-11)8-12(24(19,20)21)9-14(13)22-5-1-2-6-23(16,17)18/h3-4,7-9H,1-2,5-6,15H2,(H,16,17,18)(H,19,20,21). The molecule has 8 nitrogen and oxygen atoms in total. The molecule has 2 aromatic carbocycles. The molecular formula is C14H17NO7S2. The van der Waals surface area contributed by atoms with Crippen LogP contribution in [0.3, 0.4) is 0 Å². The van der Waals surface area contributed by atoms with Gasteiger partial charge in [-0.05, 0) is 42.5 Å². The summed E-state index contributed by atoms with van der Waals surface area (Å²) in [5, 5.41) is 1.09. The number of anilines is 1. The maximum absolute atomic E-state index is 11.4. The third-order valence-corrected chi connectivity index (χ3v) is 4.90. The Labute approximate surface area is 139 Å². The lowest BCUT2D eigenvalue weighted by Crippen LogP contribution is -2.06. The molecule has 0 amide bonds. The Morgan fingerprint density at radius 1 is 1.00 bits per heavy atom. The number of nitrogens with two attached hydrogens (primary N) is 1. The predicted octanol–water partition coefficient (Wildman–Crippen LogP) is 1.72. The first-order valence-electron chi connectivity index (χ1n) is 6.95. The number of unbranched alkanes of at least 4 members (excludes halogenated alkanes) is 1. The first-order valence-corrected chi connectivity index (χ1v) is 10.00. The number of benzene rings is 2. The molecule has 0 saturated heterocycles. The molecule has 0 unspecified atom stereocenters. The molecule has 0 heterocycles. The number of nitrogen functional groups attached to an aromatic ring is 1. The van der Waals surface area contributed by atoms with Gasteiger partial charge in [-0.15, -0.1) is 0 Å². The molecule has 132 valence electrons. The minimum atomic E-state index is -4.42. The Bertz CT molecular complexity index is 952. The molecule has 24 heavy (non-hydrogen) atoms. The zero-order valence-electron chi connectivity index (χ0n) is 12.5. The molecular weight excluding hydrogens is 358 g/mol. The molecule has 0 aliphatic heterocycles. The molecule has 0 fully saturated rings. The van der Waals surface area contributed by atoms with Crippen molar-refractivity contribution in [3.8, 4) is 5.75 Å². The van der Waals surface area contributed by atoms with Crippen LogP contribution in [0.2, 0.25) is 0 Å². The Balaban J connectivity index is 2.24. The van der Waals surface area contributed by atoms with Crippen LogP contribution in [0.25, 0.3) is 10.8 Å². The van der Waals surface area contributed by atoms with Crippen molar-refractivity contribution in [1.82, 2.24) is 0 Å². The van der Waals surface area contributed by atoms with Crippen molar-refractivity contribution in [2.24, 2.45) is 0 Å². The van der Waals surface area contributed by atoms with Crippen molar-refractivity contribution in [2.75, 3.05) is 18.1 Å². The van der Waals surface area contributed by atoms with Crippen LogP contribution in [0.5, 0.6) is 5.75 Å². The summed E-state index contributed by atoms with van der Waals surface area (Å²) in [6, 6.07) is 7.31. The van der Waals surface area contributed by atoms with Crippen LogP contribution in [0.4, 0.5) is 5.69 Å². The second-order valence-electron chi connectivity index (χ2n) is 5.22. The fourth-order valence-electron chi connectivity index (χ4n) is 2.16. The monoisotopic (exact) mass is 375 g/mol. The summed E-state index contributed by atoms with van der Waals surface area (Å²) in [5.74, 6) is -0.148. The van der Waals surface area contributed by atoms with Gasteiger partial charge in [0.15, 0.2) is 0 Å². The Morgan fingerprint density at radius 2 is 1.71 bits per heavy atom. The van der Waals surface area contributed by atoms with Crippen LogP contribution >= 0.6 is 0 Å². The van der Waals surface area contributed by atoms with Gasteiger partial charge < -0.3 is 10.5 Å². The van der Waals surface area contributed by atoms with E-state index in [0.29, 0.717) is 22.9 Å². The van der Waals surface area contributed by atoms with Crippen molar-refractivity contribution in [3.05, 3.63) is 30.3 Å². The summed E-state index contributed by atoms with van der Waals surface area (Å²) in [4.78, 5) is -0.325. The predicted molar refractivity (Wildman–Crippen MR) is 89.3 cm³/mol. The van der Waals surface area contributed by atoms with E-state index >= 15 is 0 Å². The summed E-state index contributed by atoms with van der Waals surface area (Å²) in [7, 11) is -8.43. The maximum atomic E-state index is 11.4. The zero-order chi connectivity index (χ0) is 18.0. The molecule has 2 rings (SSSR count). The molecule has 0 saturated carbocycles. The molecule has 2 aromatic rings. The molecule has 0 bridgehead atoms. The fourth-order valence-corrected chi connectivity index (χ4v) is 3.26. The summed E-state index contributed by atoms with van der Waals surface area (Å²) < 4.78 is 67.4. The van der Waals surface area contributed by atoms with Crippen LogP contribution < -0.4 is 10.5 Å². The lowest BCUT2D eigenvalue weighted by molar-refractivity contribution is 0.311. The average Bonchev–Trinajstić information content (AvgIpc) is 2.43. The quantitative estimate of drug-likeness (QED) is 0.377. The summed E-state index contributed by atoms with van der Waals surface area (Å²) in [5.41, 5.74) is 6.11. The van der Waals surface area contributed by atoms with Crippen molar-refractivity contribution in [1.29, 1.82) is 0 Å². The Kier molecular flexibility index (Phi) is 5.33. The van der Waals surface area contributed by atoms with Crippen LogP contribution in [-0.2, 0) is 20.2 Å². The van der Waals surface area contributed by atoms with Gasteiger partial charge in [0.2, 0.25) is 0 Å². The lowest BCUT2D eigenvalue weighted by Gasteiger charge is -2.11. The summed E-state index contributed by atoms with van der Waals surface area (Å²) >= 11 is 0. The van der Waals surface area contributed by atoms with E-state index in [1.165, 1.54) is 12.1 Å². The van der Waals surface area contributed by atoms with Crippen LogP contribution in [0, 0.1) is 0 Å². The van der Waals surface area contributed by atoms with E-state index in [4.69, 9.17) is 15.0 Å². The van der Waals surface area contributed by atoms with Gasteiger partial charge in [-0.25, -0.2) is 0 Å². The number of rotatable bonds is 7. The summed E-state index contributed by atoms with van der Waals surface area (Å²) in [6.07, 6.45) is 0.536. The maximum Gasteiger partial charge on any atom is 0.294 e. The van der Waals surface area contributed by atoms with E-state index in [1.807, 2.05) is 0 Å². The molecule has 0 aliphatic rings. The van der Waals surface area contributed by atoms with E-state index in [-0.39, 0.29) is 29.4 Å². The molecule has 0 radical (unpaired) electrons. The van der Waals surface area contributed by atoms with E-state index in [0.717, 1.165) is 0 Å². The van der Waals surface area contributed by atoms with Gasteiger partial charge in [0.05, 0.1) is 17.3 Å². The van der Waals surface area contributed by atoms with Crippen LogP contribution in [0.15, 0.2) is 35.2 Å². The molecule has 4 N–H and O–H groups in total. The largest absolute Gasteiger partial charge is 0.493 e. The molecule has 0 spiro atoms. The molecule has 10 heteroatoms. The smallest absolute Gasteiger partial charge is 0.294 e. The summed E-state index contributed by atoms with van der Waals surface area (Å²) in [6.45, 7) is 0.115. The second kappa shape index (κ2) is 6.93. The first-order chi connectivity index (χ1) is 11.1. The van der Waals surface area contributed by atoms with Crippen LogP contribution in [0.1, 0.15) is 12.8 Å².